The third-order valence-electron chi connectivity index (χ3n) is 3.03. The molecular formula is C13H23N3O2. The Morgan fingerprint density at radius 1 is 1.44 bits per heavy atom. The van der Waals surface area contributed by atoms with E-state index in [0.29, 0.717) is 19.1 Å². The highest BCUT2D eigenvalue weighted by molar-refractivity contribution is 5.66. The maximum atomic E-state index is 11.4. The van der Waals surface area contributed by atoms with Gasteiger partial charge in [0, 0.05) is 25.5 Å². The van der Waals surface area contributed by atoms with Crippen molar-refractivity contribution < 1.29 is 9.53 Å². The summed E-state index contributed by atoms with van der Waals surface area (Å²) in [5, 5.41) is 2.75. The van der Waals surface area contributed by atoms with Crippen molar-refractivity contribution >= 4 is 6.09 Å². The zero-order chi connectivity index (χ0) is 13.2. The van der Waals surface area contributed by atoms with Gasteiger partial charge in [-0.3, -0.25) is 0 Å². The SMILES string of the molecule is CCC(CC)COC(=O)NCCCn1ccnc1. The van der Waals surface area contributed by atoms with E-state index in [1.165, 1.54) is 0 Å². The van der Waals surface area contributed by atoms with Gasteiger partial charge in [-0.2, -0.15) is 0 Å². The maximum Gasteiger partial charge on any atom is 0.407 e. The van der Waals surface area contributed by atoms with Crippen molar-refractivity contribution in [1.82, 2.24) is 14.9 Å². The topological polar surface area (TPSA) is 56.1 Å². The lowest BCUT2D eigenvalue weighted by Crippen LogP contribution is -2.27. The van der Waals surface area contributed by atoms with Gasteiger partial charge in [-0.25, -0.2) is 9.78 Å². The maximum absolute atomic E-state index is 11.4. The largest absolute Gasteiger partial charge is 0.449 e. The van der Waals surface area contributed by atoms with Gasteiger partial charge in [-0.1, -0.05) is 26.7 Å². The van der Waals surface area contributed by atoms with Crippen molar-refractivity contribution in [2.24, 2.45) is 5.92 Å². The number of carbonyl (C=O) groups excluding carboxylic acids is 1. The summed E-state index contributed by atoms with van der Waals surface area (Å²) in [6.07, 6.45) is 8.08. The second kappa shape index (κ2) is 8.55. The molecule has 0 aliphatic rings. The minimum Gasteiger partial charge on any atom is -0.449 e. The number of hydrogen-bond donors (Lipinski definition) is 1. The molecule has 1 aromatic heterocycles. The summed E-state index contributed by atoms with van der Waals surface area (Å²) >= 11 is 0. The van der Waals surface area contributed by atoms with E-state index in [4.69, 9.17) is 4.74 Å². The fraction of sp³-hybridized carbons (Fsp3) is 0.692. The number of nitrogens with zero attached hydrogens (tertiary/aromatic N) is 2. The predicted molar refractivity (Wildman–Crippen MR) is 70.3 cm³/mol. The van der Waals surface area contributed by atoms with Gasteiger partial charge in [-0.15, -0.1) is 0 Å². The van der Waals surface area contributed by atoms with Crippen LogP contribution in [0.5, 0.6) is 0 Å². The summed E-state index contributed by atoms with van der Waals surface area (Å²) < 4.78 is 7.14. The van der Waals surface area contributed by atoms with E-state index in [1.807, 2.05) is 10.8 Å². The average Bonchev–Trinajstić information content (AvgIpc) is 2.89. The molecule has 0 saturated carbocycles. The summed E-state index contributed by atoms with van der Waals surface area (Å²) in [6, 6.07) is 0. The molecule has 0 unspecified atom stereocenters. The molecule has 0 radical (unpaired) electrons. The molecule has 5 heteroatoms. The van der Waals surface area contributed by atoms with Gasteiger partial charge in [0.1, 0.15) is 0 Å². The van der Waals surface area contributed by atoms with E-state index in [9.17, 15) is 4.79 Å². The van der Waals surface area contributed by atoms with Gasteiger partial charge in [0.05, 0.1) is 12.9 Å². The molecule has 1 amide bonds. The first-order chi connectivity index (χ1) is 8.76. The Balaban J connectivity index is 2.03. The van der Waals surface area contributed by atoms with Gasteiger partial charge in [0.15, 0.2) is 0 Å². The van der Waals surface area contributed by atoms with Crippen LogP contribution < -0.4 is 5.32 Å². The van der Waals surface area contributed by atoms with Crippen molar-refractivity contribution in [2.75, 3.05) is 13.2 Å². The van der Waals surface area contributed by atoms with Crippen LogP contribution in [0.15, 0.2) is 18.7 Å². The van der Waals surface area contributed by atoms with E-state index in [-0.39, 0.29) is 6.09 Å². The quantitative estimate of drug-likeness (QED) is 0.724. The Kier molecular flexibility index (Phi) is 6.91. The Morgan fingerprint density at radius 3 is 2.83 bits per heavy atom. The van der Waals surface area contributed by atoms with Gasteiger partial charge in [-0.05, 0) is 12.3 Å². The molecule has 0 fully saturated rings. The van der Waals surface area contributed by atoms with Crippen LogP contribution in [0.25, 0.3) is 0 Å². The summed E-state index contributed by atoms with van der Waals surface area (Å²) in [6.45, 7) is 6.22. The van der Waals surface area contributed by atoms with Crippen LogP contribution in [0, 0.1) is 5.92 Å². The molecule has 0 bridgehead atoms. The second-order valence-electron chi connectivity index (χ2n) is 4.36. The lowest BCUT2D eigenvalue weighted by atomic mass is 10.1. The minimum atomic E-state index is -0.312. The number of aromatic nitrogens is 2. The van der Waals surface area contributed by atoms with E-state index >= 15 is 0 Å². The normalized spacial score (nSPS) is 10.6. The average molecular weight is 253 g/mol. The van der Waals surface area contributed by atoms with E-state index in [0.717, 1.165) is 25.8 Å². The van der Waals surface area contributed by atoms with Crippen molar-refractivity contribution in [3.8, 4) is 0 Å². The number of hydrogen-bond acceptors (Lipinski definition) is 3. The number of ether oxygens (including phenoxy) is 1. The number of imidazole rings is 1. The summed E-state index contributed by atoms with van der Waals surface area (Å²) in [5.74, 6) is 0.474. The molecule has 5 nitrogen and oxygen atoms in total. The zero-order valence-corrected chi connectivity index (χ0v) is 11.3. The van der Waals surface area contributed by atoms with Crippen LogP contribution >= 0.6 is 0 Å². The number of alkyl carbamates (subject to hydrolysis) is 1. The zero-order valence-electron chi connectivity index (χ0n) is 11.3. The van der Waals surface area contributed by atoms with E-state index in [2.05, 4.69) is 24.1 Å². The highest BCUT2D eigenvalue weighted by Gasteiger charge is 2.07. The van der Waals surface area contributed by atoms with Crippen LogP contribution in [-0.2, 0) is 11.3 Å². The predicted octanol–water partition coefficient (Wildman–Crippen LogP) is 2.44. The smallest absolute Gasteiger partial charge is 0.407 e. The number of aryl methyl sites for hydroxylation is 1. The molecule has 0 saturated heterocycles. The molecule has 1 aromatic rings. The molecular weight excluding hydrogens is 230 g/mol. The molecule has 102 valence electrons. The Hall–Kier alpha value is -1.52. The van der Waals surface area contributed by atoms with Gasteiger partial charge < -0.3 is 14.6 Å². The lowest BCUT2D eigenvalue weighted by molar-refractivity contribution is 0.124. The molecule has 18 heavy (non-hydrogen) atoms. The molecule has 1 rings (SSSR count). The minimum absolute atomic E-state index is 0.312. The number of carbonyl (C=O) groups is 1. The number of rotatable bonds is 8. The summed E-state index contributed by atoms with van der Waals surface area (Å²) in [5.41, 5.74) is 0. The van der Waals surface area contributed by atoms with Crippen molar-refractivity contribution in [1.29, 1.82) is 0 Å². The lowest BCUT2D eigenvalue weighted by Gasteiger charge is -2.13. The number of amides is 1. The van der Waals surface area contributed by atoms with Crippen LogP contribution in [-0.4, -0.2) is 28.8 Å². The molecule has 1 heterocycles. The van der Waals surface area contributed by atoms with Gasteiger partial charge >= 0.3 is 6.09 Å². The summed E-state index contributed by atoms with van der Waals surface area (Å²) in [4.78, 5) is 15.3. The molecule has 1 N–H and O–H groups in total. The van der Waals surface area contributed by atoms with Crippen LogP contribution in [0.3, 0.4) is 0 Å². The number of nitrogens with one attached hydrogen (secondary N) is 1. The molecule has 0 aliphatic heterocycles. The van der Waals surface area contributed by atoms with E-state index < -0.39 is 0 Å². The van der Waals surface area contributed by atoms with Crippen LogP contribution in [0.1, 0.15) is 33.1 Å². The molecule has 0 atom stereocenters. The standard InChI is InChI=1S/C13H23N3O2/c1-3-12(4-2)10-18-13(17)15-6-5-8-16-9-7-14-11-16/h7,9,11-12H,3-6,8,10H2,1-2H3,(H,15,17). The summed E-state index contributed by atoms with van der Waals surface area (Å²) in [7, 11) is 0. The van der Waals surface area contributed by atoms with Crippen molar-refractivity contribution in [2.45, 2.75) is 39.7 Å². The Morgan fingerprint density at radius 2 is 2.22 bits per heavy atom. The molecule has 0 aromatic carbocycles. The first kappa shape index (κ1) is 14.5. The first-order valence-electron chi connectivity index (χ1n) is 6.62. The van der Waals surface area contributed by atoms with Gasteiger partial charge in [0.25, 0.3) is 0 Å². The van der Waals surface area contributed by atoms with Crippen molar-refractivity contribution in [3.63, 3.8) is 0 Å². The van der Waals surface area contributed by atoms with Crippen LogP contribution in [0.2, 0.25) is 0 Å². The van der Waals surface area contributed by atoms with Crippen LogP contribution in [0.4, 0.5) is 4.79 Å². The van der Waals surface area contributed by atoms with Gasteiger partial charge in [0.2, 0.25) is 0 Å². The Bertz CT molecular complexity index is 321. The third-order valence-corrected chi connectivity index (χ3v) is 3.03. The monoisotopic (exact) mass is 253 g/mol. The van der Waals surface area contributed by atoms with Crippen molar-refractivity contribution in [3.05, 3.63) is 18.7 Å². The highest BCUT2D eigenvalue weighted by atomic mass is 16.5. The second-order valence-corrected chi connectivity index (χ2v) is 4.36. The third kappa shape index (κ3) is 5.70. The molecule has 0 spiro atoms. The fourth-order valence-electron chi connectivity index (χ4n) is 1.64. The molecule has 0 aliphatic carbocycles. The fourth-order valence-corrected chi connectivity index (χ4v) is 1.64. The highest BCUT2D eigenvalue weighted by Crippen LogP contribution is 2.07. The Labute approximate surface area is 109 Å². The first-order valence-corrected chi connectivity index (χ1v) is 6.62. The van der Waals surface area contributed by atoms with E-state index in [1.54, 1.807) is 12.5 Å².